The van der Waals surface area contributed by atoms with Crippen LogP contribution in [0.25, 0.3) is 0 Å². The van der Waals surface area contributed by atoms with Crippen LogP contribution in [0.3, 0.4) is 0 Å². The van der Waals surface area contributed by atoms with Gasteiger partial charge in [0.05, 0.1) is 30.9 Å². The summed E-state index contributed by atoms with van der Waals surface area (Å²) in [5, 5.41) is 9.50. The maximum Gasteiger partial charge on any atom is 0.407 e. The molecule has 1 aromatic heterocycles. The van der Waals surface area contributed by atoms with Crippen LogP contribution in [0, 0.1) is 11.7 Å². The van der Waals surface area contributed by atoms with Crippen LogP contribution in [0.15, 0.2) is 36.7 Å². The number of ether oxygens (including phenoxy) is 2. The third kappa shape index (κ3) is 7.68. The van der Waals surface area contributed by atoms with E-state index in [1.807, 2.05) is 12.1 Å². The number of aromatic nitrogens is 1. The molecule has 0 spiro atoms. The van der Waals surface area contributed by atoms with Crippen LogP contribution in [-0.4, -0.2) is 87.0 Å². The van der Waals surface area contributed by atoms with Gasteiger partial charge in [-0.05, 0) is 62.1 Å². The summed E-state index contributed by atoms with van der Waals surface area (Å²) in [7, 11) is -2.19. The Morgan fingerprint density at radius 1 is 1.20 bits per heavy atom. The highest BCUT2D eigenvalue weighted by molar-refractivity contribution is 7.89. The molecule has 3 N–H and O–H groups in total. The van der Waals surface area contributed by atoms with Crippen LogP contribution in [0.1, 0.15) is 49.1 Å². The normalized spacial score (nSPS) is 24.8. The van der Waals surface area contributed by atoms with Crippen molar-refractivity contribution in [2.75, 3.05) is 44.5 Å². The number of nitrogens with one attached hydrogen (secondary N) is 3. The van der Waals surface area contributed by atoms with Gasteiger partial charge >= 0.3 is 6.09 Å². The Morgan fingerprint density at radius 3 is 2.68 bits per heavy atom. The first-order valence-electron chi connectivity index (χ1n) is 15.0. The quantitative estimate of drug-likeness (QED) is 0.375. The molecular formula is C30H39ClFN5O6S. The second kappa shape index (κ2) is 14.5. The standard InChI is InChI=1S/C30H39ClFN5O6S/c1-42-30(39)36-28(27(20-10-12-43-13-11-20)19-4-6-21(31)7-5-19)29(38)35-26-17-33-16-25(32)24(26)9-8-23-15-34-22-3-2-14-44(40,41)37(23)18-22/h4-7,16-17,20,22-23,27-28,34H,2-3,8-15,18H2,1H3,(H,35,38)(H,36,39). The number of alkyl carbamates (subject to hydrolysis) is 1. The SMILES string of the molecule is COC(=O)NC(C(=O)Nc1cncc(F)c1CCC1CNC2CCCS(=O)(=O)N1C2)C(c1ccc(Cl)cc1)C1CCOCC1. The number of piperazine rings is 1. The Labute approximate surface area is 262 Å². The molecular weight excluding hydrogens is 613 g/mol. The fraction of sp³-hybridized carbons (Fsp3) is 0.567. The van der Waals surface area contributed by atoms with Gasteiger partial charge in [0.2, 0.25) is 15.9 Å². The predicted molar refractivity (Wildman–Crippen MR) is 164 cm³/mol. The Bertz CT molecular complexity index is 1430. The number of hydrogen-bond acceptors (Lipinski definition) is 8. The van der Waals surface area contributed by atoms with E-state index in [9.17, 15) is 18.0 Å². The van der Waals surface area contributed by atoms with Crippen molar-refractivity contribution in [1.82, 2.24) is 19.9 Å². The Hall–Kier alpha value is -2.84. The van der Waals surface area contributed by atoms with Gasteiger partial charge in [-0.1, -0.05) is 23.7 Å². The summed E-state index contributed by atoms with van der Waals surface area (Å²) in [4.78, 5) is 30.5. The lowest BCUT2D eigenvalue weighted by molar-refractivity contribution is -0.119. The predicted octanol–water partition coefficient (Wildman–Crippen LogP) is 3.45. The second-order valence-corrected chi connectivity index (χ2v) is 14.1. The van der Waals surface area contributed by atoms with E-state index in [-0.39, 0.29) is 41.4 Å². The zero-order valence-corrected chi connectivity index (χ0v) is 26.2. The van der Waals surface area contributed by atoms with E-state index in [1.54, 1.807) is 16.4 Å². The van der Waals surface area contributed by atoms with E-state index in [0.29, 0.717) is 57.0 Å². The van der Waals surface area contributed by atoms with E-state index in [1.165, 1.54) is 13.3 Å². The summed E-state index contributed by atoms with van der Waals surface area (Å²) >= 11 is 6.16. The van der Waals surface area contributed by atoms with Crippen LogP contribution in [0.4, 0.5) is 14.9 Å². The number of carbonyl (C=O) groups excluding carboxylic acids is 2. The van der Waals surface area contributed by atoms with Gasteiger partial charge in [-0.3, -0.25) is 9.78 Å². The molecule has 240 valence electrons. The molecule has 0 aliphatic carbocycles. The van der Waals surface area contributed by atoms with Gasteiger partial charge in [-0.2, -0.15) is 4.31 Å². The number of nitrogens with zero attached hydrogens (tertiary/aromatic N) is 2. The van der Waals surface area contributed by atoms with Gasteiger partial charge in [0.1, 0.15) is 11.9 Å². The number of sulfonamides is 1. The smallest absolute Gasteiger partial charge is 0.407 e. The van der Waals surface area contributed by atoms with Crippen molar-refractivity contribution in [3.05, 3.63) is 58.6 Å². The molecule has 2 amide bonds. The lowest BCUT2D eigenvalue weighted by atomic mass is 9.76. The number of carbonyl (C=O) groups is 2. The van der Waals surface area contributed by atoms with Gasteiger partial charge in [0.25, 0.3) is 0 Å². The van der Waals surface area contributed by atoms with Crippen molar-refractivity contribution in [1.29, 1.82) is 0 Å². The summed E-state index contributed by atoms with van der Waals surface area (Å²) in [6.45, 7) is 1.90. The largest absolute Gasteiger partial charge is 0.453 e. The number of amides is 2. The lowest BCUT2D eigenvalue weighted by Crippen LogP contribution is -2.57. The van der Waals surface area contributed by atoms with Gasteiger partial charge in [-0.25, -0.2) is 17.6 Å². The highest BCUT2D eigenvalue weighted by atomic mass is 35.5. The molecule has 44 heavy (non-hydrogen) atoms. The summed E-state index contributed by atoms with van der Waals surface area (Å²) in [5.74, 6) is -1.55. The van der Waals surface area contributed by atoms with Crippen LogP contribution in [0.2, 0.25) is 5.02 Å². The van der Waals surface area contributed by atoms with E-state index >= 15 is 4.39 Å². The molecule has 3 fully saturated rings. The Kier molecular flexibility index (Phi) is 10.7. The summed E-state index contributed by atoms with van der Waals surface area (Å²) < 4.78 is 53.1. The molecule has 3 aliphatic heterocycles. The minimum Gasteiger partial charge on any atom is -0.453 e. The Balaban J connectivity index is 1.40. The molecule has 0 radical (unpaired) electrons. The van der Waals surface area contributed by atoms with Crippen molar-refractivity contribution in [2.24, 2.45) is 5.92 Å². The van der Waals surface area contributed by atoms with Gasteiger partial charge in [-0.15, -0.1) is 0 Å². The average Bonchev–Trinajstić information content (AvgIpc) is 3.13. The van der Waals surface area contributed by atoms with Gasteiger partial charge in [0, 0.05) is 54.9 Å². The summed E-state index contributed by atoms with van der Waals surface area (Å²) in [6.07, 6.45) is 4.92. The molecule has 5 rings (SSSR count). The number of anilines is 1. The molecule has 5 atom stereocenters. The second-order valence-electron chi connectivity index (χ2n) is 11.6. The van der Waals surface area contributed by atoms with Crippen LogP contribution in [0.5, 0.6) is 0 Å². The van der Waals surface area contributed by atoms with Crippen LogP contribution in [-0.2, 0) is 30.7 Å². The summed E-state index contributed by atoms with van der Waals surface area (Å²) in [6, 6.07) is 5.81. The first-order valence-corrected chi connectivity index (χ1v) is 17.0. The number of hydrogen-bond donors (Lipinski definition) is 3. The number of pyridine rings is 1. The highest BCUT2D eigenvalue weighted by Gasteiger charge is 2.39. The van der Waals surface area contributed by atoms with Crippen molar-refractivity contribution < 1.29 is 31.9 Å². The number of rotatable bonds is 9. The van der Waals surface area contributed by atoms with Gasteiger partial charge in [0.15, 0.2) is 0 Å². The average molecular weight is 652 g/mol. The van der Waals surface area contributed by atoms with Crippen molar-refractivity contribution in [3.63, 3.8) is 0 Å². The third-order valence-corrected chi connectivity index (χ3v) is 11.1. The van der Waals surface area contributed by atoms with Crippen molar-refractivity contribution >= 4 is 39.3 Å². The van der Waals surface area contributed by atoms with Crippen molar-refractivity contribution in [2.45, 2.75) is 62.6 Å². The number of benzene rings is 1. The molecule has 3 aliphatic rings. The van der Waals surface area contributed by atoms with Crippen molar-refractivity contribution in [3.8, 4) is 0 Å². The molecule has 2 aromatic rings. The first kappa shape index (κ1) is 32.6. The maximum absolute atomic E-state index is 15.3. The zero-order chi connectivity index (χ0) is 31.3. The third-order valence-electron chi connectivity index (χ3n) is 8.88. The lowest BCUT2D eigenvalue weighted by Gasteiger charge is -2.37. The van der Waals surface area contributed by atoms with E-state index in [2.05, 4.69) is 20.9 Å². The zero-order valence-electron chi connectivity index (χ0n) is 24.6. The van der Waals surface area contributed by atoms with Crippen LogP contribution < -0.4 is 16.0 Å². The monoisotopic (exact) mass is 651 g/mol. The molecule has 5 unspecified atom stereocenters. The number of methoxy groups -OCH3 is 1. The fourth-order valence-corrected chi connectivity index (χ4v) is 8.52. The molecule has 4 heterocycles. The fourth-order valence-electron chi connectivity index (χ4n) is 6.59. The Morgan fingerprint density at radius 2 is 1.95 bits per heavy atom. The van der Waals surface area contributed by atoms with Gasteiger partial charge < -0.3 is 25.4 Å². The van der Waals surface area contributed by atoms with E-state index in [4.69, 9.17) is 21.1 Å². The highest BCUT2D eigenvalue weighted by Crippen LogP contribution is 2.36. The minimum absolute atomic E-state index is 0.0128. The molecule has 1 aromatic carbocycles. The summed E-state index contributed by atoms with van der Waals surface area (Å²) in [5.41, 5.74) is 1.18. The molecule has 2 bridgehead atoms. The number of halogens is 2. The van der Waals surface area contributed by atoms with E-state index in [0.717, 1.165) is 18.2 Å². The number of fused-ring (bicyclic) bond motifs is 2. The molecule has 14 heteroatoms. The minimum atomic E-state index is -3.41. The van der Waals surface area contributed by atoms with Crippen LogP contribution >= 0.6 is 11.6 Å². The maximum atomic E-state index is 15.3. The first-order chi connectivity index (χ1) is 21.2. The van der Waals surface area contributed by atoms with E-state index < -0.39 is 39.8 Å². The molecule has 11 nitrogen and oxygen atoms in total. The molecule has 3 saturated heterocycles. The topological polar surface area (TPSA) is 139 Å². The molecule has 0 saturated carbocycles.